The highest BCUT2D eigenvalue weighted by molar-refractivity contribution is 5.57. The van der Waals surface area contributed by atoms with Crippen LogP contribution in [0.4, 0.5) is 4.79 Å². The fourth-order valence-electron chi connectivity index (χ4n) is 7.04. The van der Waals surface area contributed by atoms with E-state index in [1.165, 1.54) is 25.7 Å². The first-order valence-electron chi connectivity index (χ1n) is 10.8. The maximum absolute atomic E-state index is 11.3. The van der Waals surface area contributed by atoms with Crippen LogP contribution in [0.2, 0.25) is 0 Å². The predicted octanol–water partition coefficient (Wildman–Crippen LogP) is 4.89. The molecule has 5 heteroatoms. The van der Waals surface area contributed by atoms with Crippen molar-refractivity contribution in [1.82, 2.24) is 0 Å². The number of carboxylic acid groups (broad SMARTS) is 1. The van der Waals surface area contributed by atoms with Crippen LogP contribution < -0.4 is 0 Å². The first kappa shape index (κ1) is 18.5. The number of rotatable bonds is 6. The standard InChI is InChI=1S/C21H34O5/c1-3-12-9-13(4-2)19-15-10-14(18(12)19)11-16(15)20(26-21(22)23)25-17-7-5-6-8-24-17/h12-20H,3-11H2,1-2H3,(H,22,23). The Bertz CT molecular complexity index is 503. The Hall–Kier alpha value is -0.810. The molecule has 1 heterocycles. The molecule has 1 saturated heterocycles. The SMILES string of the molecule is CCC1CC(CC)C2C3CC(CC3C(OC(=O)O)OC3CCCCO3)C12. The first-order chi connectivity index (χ1) is 12.6. The van der Waals surface area contributed by atoms with E-state index in [9.17, 15) is 9.90 Å². The van der Waals surface area contributed by atoms with Crippen molar-refractivity contribution in [2.45, 2.75) is 77.8 Å². The maximum atomic E-state index is 11.3. The van der Waals surface area contributed by atoms with Crippen molar-refractivity contribution in [2.24, 2.45) is 41.4 Å². The van der Waals surface area contributed by atoms with E-state index in [0.29, 0.717) is 12.5 Å². The van der Waals surface area contributed by atoms with Crippen molar-refractivity contribution < 1.29 is 24.1 Å². The third-order valence-electron chi connectivity index (χ3n) is 7.92. The van der Waals surface area contributed by atoms with E-state index in [-0.39, 0.29) is 12.2 Å². The van der Waals surface area contributed by atoms with Gasteiger partial charge in [0.1, 0.15) is 0 Å². The van der Waals surface area contributed by atoms with Crippen LogP contribution in [0, 0.1) is 41.4 Å². The maximum Gasteiger partial charge on any atom is 0.508 e. The van der Waals surface area contributed by atoms with E-state index in [2.05, 4.69) is 13.8 Å². The smallest absolute Gasteiger partial charge is 0.450 e. The van der Waals surface area contributed by atoms with Crippen molar-refractivity contribution in [3.63, 3.8) is 0 Å². The molecule has 1 N–H and O–H groups in total. The van der Waals surface area contributed by atoms with E-state index >= 15 is 0 Å². The van der Waals surface area contributed by atoms with Gasteiger partial charge in [-0.05, 0) is 74.0 Å². The van der Waals surface area contributed by atoms with Crippen LogP contribution >= 0.6 is 0 Å². The van der Waals surface area contributed by atoms with Crippen molar-refractivity contribution in [1.29, 1.82) is 0 Å². The monoisotopic (exact) mass is 366 g/mol. The summed E-state index contributed by atoms with van der Waals surface area (Å²) < 4.78 is 17.1. The largest absolute Gasteiger partial charge is 0.508 e. The van der Waals surface area contributed by atoms with Crippen LogP contribution in [0.25, 0.3) is 0 Å². The average molecular weight is 366 g/mol. The number of carbonyl (C=O) groups is 1. The highest BCUT2D eigenvalue weighted by atomic mass is 16.8. The molecule has 9 atom stereocenters. The van der Waals surface area contributed by atoms with Crippen LogP contribution in [0.5, 0.6) is 0 Å². The minimum absolute atomic E-state index is 0.201. The highest BCUT2D eigenvalue weighted by Gasteiger charge is 2.61. The molecule has 4 aliphatic rings. The summed E-state index contributed by atoms with van der Waals surface area (Å²) in [4.78, 5) is 11.3. The zero-order chi connectivity index (χ0) is 18.3. The molecule has 2 bridgehead atoms. The summed E-state index contributed by atoms with van der Waals surface area (Å²) in [7, 11) is 0. The highest BCUT2D eigenvalue weighted by Crippen LogP contribution is 2.66. The molecule has 0 aromatic heterocycles. The molecule has 0 spiro atoms. The molecule has 0 amide bonds. The molecule has 0 aromatic carbocycles. The molecule has 26 heavy (non-hydrogen) atoms. The molecule has 5 nitrogen and oxygen atoms in total. The Kier molecular flexibility index (Phi) is 5.47. The van der Waals surface area contributed by atoms with E-state index in [1.54, 1.807) is 0 Å². The van der Waals surface area contributed by atoms with Gasteiger partial charge in [-0.25, -0.2) is 4.79 Å². The summed E-state index contributed by atoms with van der Waals surface area (Å²) in [5, 5.41) is 9.27. The Morgan fingerprint density at radius 1 is 1.12 bits per heavy atom. The molecule has 4 rings (SSSR count). The molecule has 0 radical (unpaired) electrons. The lowest BCUT2D eigenvalue weighted by atomic mass is 9.70. The van der Waals surface area contributed by atoms with Crippen LogP contribution in [0.1, 0.15) is 65.2 Å². The van der Waals surface area contributed by atoms with E-state index in [4.69, 9.17) is 14.2 Å². The number of ether oxygens (including phenoxy) is 3. The Balaban J connectivity index is 1.49. The lowest BCUT2D eigenvalue weighted by Crippen LogP contribution is -2.41. The Morgan fingerprint density at radius 2 is 1.88 bits per heavy atom. The Morgan fingerprint density at radius 3 is 2.54 bits per heavy atom. The zero-order valence-electron chi connectivity index (χ0n) is 16.1. The van der Waals surface area contributed by atoms with Gasteiger partial charge in [-0.3, -0.25) is 0 Å². The molecule has 0 aromatic rings. The van der Waals surface area contributed by atoms with Gasteiger partial charge in [-0.2, -0.15) is 0 Å². The van der Waals surface area contributed by atoms with Gasteiger partial charge < -0.3 is 19.3 Å². The summed E-state index contributed by atoms with van der Waals surface area (Å²) in [6.45, 7) is 5.35. The van der Waals surface area contributed by atoms with Crippen LogP contribution in [0.3, 0.4) is 0 Å². The predicted molar refractivity (Wildman–Crippen MR) is 96.4 cm³/mol. The van der Waals surface area contributed by atoms with Crippen molar-refractivity contribution in [2.75, 3.05) is 6.61 Å². The second kappa shape index (κ2) is 7.67. The molecule has 9 unspecified atom stereocenters. The van der Waals surface area contributed by atoms with Gasteiger partial charge in [0.25, 0.3) is 0 Å². The van der Waals surface area contributed by atoms with Crippen molar-refractivity contribution in [3.8, 4) is 0 Å². The molecule has 4 fully saturated rings. The van der Waals surface area contributed by atoms with Crippen LogP contribution in [-0.2, 0) is 14.2 Å². The summed E-state index contributed by atoms with van der Waals surface area (Å²) >= 11 is 0. The minimum Gasteiger partial charge on any atom is -0.450 e. The van der Waals surface area contributed by atoms with Crippen LogP contribution in [0.15, 0.2) is 0 Å². The molecule has 1 aliphatic heterocycles. The fraction of sp³-hybridized carbons (Fsp3) is 0.952. The van der Waals surface area contributed by atoms with Crippen molar-refractivity contribution in [3.05, 3.63) is 0 Å². The van der Waals surface area contributed by atoms with Gasteiger partial charge in [-0.15, -0.1) is 0 Å². The van der Waals surface area contributed by atoms with E-state index < -0.39 is 12.4 Å². The third-order valence-corrected chi connectivity index (χ3v) is 7.92. The molecule has 3 saturated carbocycles. The van der Waals surface area contributed by atoms with Gasteiger partial charge in [0.2, 0.25) is 6.29 Å². The van der Waals surface area contributed by atoms with Gasteiger partial charge >= 0.3 is 6.16 Å². The second-order valence-electron chi connectivity index (χ2n) is 8.97. The van der Waals surface area contributed by atoms with Gasteiger partial charge in [0, 0.05) is 12.5 Å². The first-order valence-corrected chi connectivity index (χ1v) is 10.8. The minimum atomic E-state index is -1.23. The summed E-state index contributed by atoms with van der Waals surface area (Å²) in [6.07, 6.45) is 6.95. The van der Waals surface area contributed by atoms with Crippen LogP contribution in [-0.4, -0.2) is 30.4 Å². The molecular formula is C21H34O5. The van der Waals surface area contributed by atoms with Gasteiger partial charge in [0.15, 0.2) is 6.29 Å². The van der Waals surface area contributed by atoms with E-state index in [1.807, 2.05) is 0 Å². The summed E-state index contributed by atoms with van der Waals surface area (Å²) in [5.74, 6) is 4.73. The topological polar surface area (TPSA) is 65.0 Å². The van der Waals surface area contributed by atoms with Gasteiger partial charge in [-0.1, -0.05) is 26.7 Å². The summed E-state index contributed by atoms with van der Waals surface area (Å²) in [5.41, 5.74) is 0. The lowest BCUT2D eigenvalue weighted by molar-refractivity contribution is -0.264. The van der Waals surface area contributed by atoms with Crippen molar-refractivity contribution >= 4 is 6.16 Å². The normalized spacial score (nSPS) is 45.5. The Labute approximate surface area is 156 Å². The quantitative estimate of drug-likeness (QED) is 0.535. The average Bonchev–Trinajstić information content (AvgIpc) is 3.32. The molecule has 148 valence electrons. The zero-order valence-corrected chi connectivity index (χ0v) is 16.1. The third kappa shape index (κ3) is 3.26. The lowest BCUT2D eigenvalue weighted by Gasteiger charge is -2.39. The number of hydrogen-bond acceptors (Lipinski definition) is 4. The molecule has 3 aliphatic carbocycles. The summed E-state index contributed by atoms with van der Waals surface area (Å²) in [6, 6.07) is 0. The second-order valence-corrected chi connectivity index (χ2v) is 8.97. The fourth-order valence-corrected chi connectivity index (χ4v) is 7.04. The molecular weight excluding hydrogens is 332 g/mol. The number of fused-ring (bicyclic) bond motifs is 5. The van der Waals surface area contributed by atoms with E-state index in [0.717, 1.165) is 55.3 Å². The number of hydrogen-bond donors (Lipinski definition) is 1. The van der Waals surface area contributed by atoms with Gasteiger partial charge in [0.05, 0.1) is 0 Å².